The third-order valence-electron chi connectivity index (χ3n) is 3.58. The van der Waals surface area contributed by atoms with Crippen LogP contribution in [0.3, 0.4) is 0 Å². The minimum atomic E-state index is -0.347. The van der Waals surface area contributed by atoms with Gasteiger partial charge < -0.3 is 4.74 Å². The van der Waals surface area contributed by atoms with Gasteiger partial charge in [0.1, 0.15) is 5.60 Å². The Balaban J connectivity index is 0.00000128. The molecule has 0 aromatic heterocycles. The van der Waals surface area contributed by atoms with E-state index < -0.39 is 0 Å². The van der Waals surface area contributed by atoms with E-state index in [0.29, 0.717) is 5.41 Å². The molecule has 2 atom stereocenters. The summed E-state index contributed by atoms with van der Waals surface area (Å²) in [5.74, 6) is 1.54. The minimum absolute atomic E-state index is 0. The van der Waals surface area contributed by atoms with Crippen molar-refractivity contribution in [1.29, 1.82) is 0 Å². The third kappa shape index (κ3) is 2.53. The first-order valence-corrected chi connectivity index (χ1v) is 5.87. The van der Waals surface area contributed by atoms with Crippen LogP contribution in [0.2, 0.25) is 0 Å². The first-order valence-electron chi connectivity index (χ1n) is 5.87. The zero-order chi connectivity index (χ0) is 11.3. The molecule has 0 saturated heterocycles. The number of esters is 1. The van der Waals surface area contributed by atoms with Crippen molar-refractivity contribution in [3.05, 3.63) is 5.92 Å². The number of rotatable bonds is 1. The van der Waals surface area contributed by atoms with Crippen LogP contribution in [0.15, 0.2) is 0 Å². The molecule has 0 aromatic carbocycles. The van der Waals surface area contributed by atoms with Crippen molar-refractivity contribution in [1.82, 2.24) is 0 Å². The summed E-state index contributed by atoms with van der Waals surface area (Å²) in [6, 6.07) is 0. The first-order chi connectivity index (χ1) is 6.79. The molecule has 2 aliphatic carbocycles. The van der Waals surface area contributed by atoms with Crippen molar-refractivity contribution in [2.24, 2.45) is 11.3 Å². The molecule has 0 spiro atoms. The smallest absolute Gasteiger partial charge is 0.279 e. The van der Waals surface area contributed by atoms with Crippen molar-refractivity contribution in [3.63, 3.8) is 0 Å². The third-order valence-corrected chi connectivity index (χ3v) is 3.58. The Morgan fingerprint density at radius 3 is 2.29 bits per heavy atom. The fourth-order valence-electron chi connectivity index (χ4n) is 2.92. The molecule has 17 heavy (non-hydrogen) atoms. The van der Waals surface area contributed by atoms with Gasteiger partial charge >= 0.3 is 0 Å². The molecule has 0 radical (unpaired) electrons. The van der Waals surface area contributed by atoms with E-state index in [1.807, 2.05) is 20.8 Å². The Labute approximate surface area is 92.4 Å². The van der Waals surface area contributed by atoms with E-state index in [0.717, 1.165) is 19.3 Å². The first kappa shape index (κ1) is 14.5. The molecule has 2 aliphatic rings. The number of hydrogen-bond donors (Lipinski definition) is 0. The van der Waals surface area contributed by atoms with Gasteiger partial charge in [-0.05, 0) is 20.8 Å². The summed E-state index contributed by atoms with van der Waals surface area (Å²) < 4.78 is 5.46. The molecule has 0 N–H and O–H groups in total. The molecule has 0 aliphatic heterocycles. The summed E-state index contributed by atoms with van der Waals surface area (Å²) >= 11 is 0. The van der Waals surface area contributed by atoms with Gasteiger partial charge in [0.05, 0.1) is 0 Å². The fraction of sp³-hybridized carbons (Fsp3) is 0.846. The van der Waals surface area contributed by atoms with Gasteiger partial charge in [-0.3, -0.25) is 10.7 Å². The Kier molecular flexibility index (Phi) is 3.24. The van der Waals surface area contributed by atoms with Crippen molar-refractivity contribution >= 4 is 5.97 Å². The van der Waals surface area contributed by atoms with Gasteiger partial charge in [-0.15, -0.1) is 0 Å². The fourth-order valence-corrected chi connectivity index (χ4v) is 2.92. The second kappa shape index (κ2) is 3.80. The maximum absolute atomic E-state index is 11.9. The number of hydrogen-bond acceptors (Lipinski definition) is 2. The zero-order valence-electron chi connectivity index (χ0n) is 11.6. The molecule has 2 fully saturated rings. The summed E-state index contributed by atoms with van der Waals surface area (Å²) in [5, 5.41) is 0. The molecule has 2 unspecified atom stereocenters. The van der Waals surface area contributed by atoms with Crippen LogP contribution in [0.5, 0.6) is 0 Å². The summed E-state index contributed by atoms with van der Waals surface area (Å²) in [7, 11) is 0. The molecule has 0 heterocycles. The van der Waals surface area contributed by atoms with Crippen LogP contribution in [-0.2, 0) is 9.53 Å². The number of carbonyl (C=O) groups is 1. The van der Waals surface area contributed by atoms with E-state index in [9.17, 15) is 4.79 Å². The SMILES string of the molecule is CC12CC[C-](C1)C(C(=O)OC(C)(C)C)C2.[Rf].[Rf]. The molecule has 2 saturated carbocycles. The van der Waals surface area contributed by atoms with Gasteiger partial charge in [0, 0.05) is 0 Å². The summed E-state index contributed by atoms with van der Waals surface area (Å²) in [4.78, 5) is 11.9. The normalized spacial score (nSPS) is 31.6. The summed E-state index contributed by atoms with van der Waals surface area (Å²) in [6.07, 6.45) is 4.57. The Bertz CT molecular complexity index is 286. The van der Waals surface area contributed by atoms with Crippen LogP contribution < -0.4 is 0 Å². The van der Waals surface area contributed by atoms with E-state index in [4.69, 9.17) is 4.74 Å². The summed E-state index contributed by atoms with van der Waals surface area (Å²) in [5.41, 5.74) is 0.0529. The maximum atomic E-state index is 11.9. The van der Waals surface area contributed by atoms with Gasteiger partial charge in [0.2, 0.25) is 0 Å². The van der Waals surface area contributed by atoms with Crippen molar-refractivity contribution < 1.29 is 9.53 Å². The van der Waals surface area contributed by atoms with Crippen molar-refractivity contribution in [3.8, 4) is 0 Å². The van der Waals surface area contributed by atoms with E-state index in [1.54, 1.807) is 0 Å². The van der Waals surface area contributed by atoms with Gasteiger partial charge in [-0.25, -0.2) is 0 Å². The monoisotopic (exact) mass is 743 g/mol. The number of fused-ring (bicyclic) bond motifs is 2. The molecule has 90 valence electrons. The van der Waals surface area contributed by atoms with Crippen LogP contribution in [-0.4, -0.2) is 11.6 Å². The van der Waals surface area contributed by atoms with E-state index in [2.05, 4.69) is 6.92 Å². The van der Waals surface area contributed by atoms with Gasteiger partial charge in [0.15, 0.2) is 0 Å². The van der Waals surface area contributed by atoms with Gasteiger partial charge in [0.25, 0.3) is 5.97 Å². The van der Waals surface area contributed by atoms with E-state index in [-0.39, 0.29) is 17.5 Å². The summed E-state index contributed by atoms with van der Waals surface area (Å²) in [6.45, 7) is 8.10. The minimum Gasteiger partial charge on any atom is -0.462 e. The van der Waals surface area contributed by atoms with E-state index >= 15 is 0 Å². The number of ether oxygens (including phenoxy) is 1. The molecule has 0 amide bonds. The van der Waals surface area contributed by atoms with Crippen molar-refractivity contribution in [2.75, 3.05) is 0 Å². The molecular weight excluding hydrogens is 722 g/mol. The predicted octanol–water partition coefficient (Wildman–Crippen LogP) is 3.11. The molecule has 4 heteroatoms. The Morgan fingerprint density at radius 1 is 1.35 bits per heavy atom. The largest absolute Gasteiger partial charge is 0.462 e. The Hall–Kier alpha value is -2.53. The van der Waals surface area contributed by atoms with Crippen LogP contribution in [0.4, 0.5) is 0 Å². The number of carbonyl (C=O) groups excluding carboxylic acids is 1. The maximum Gasteiger partial charge on any atom is 0.279 e. The van der Waals surface area contributed by atoms with Gasteiger partial charge in [-0.1, -0.05) is 31.1 Å². The second-order valence-corrected chi connectivity index (χ2v) is 6.44. The predicted molar refractivity (Wildman–Crippen MR) is 59.2 cm³/mol. The topological polar surface area (TPSA) is 26.3 Å². The molecule has 2 bridgehead atoms. The zero-order valence-corrected chi connectivity index (χ0v) is 24.4. The second-order valence-electron chi connectivity index (χ2n) is 6.44. The van der Waals surface area contributed by atoms with Crippen LogP contribution >= 0.6 is 0 Å². The van der Waals surface area contributed by atoms with Crippen LogP contribution in [0, 0.1) is 17.3 Å². The van der Waals surface area contributed by atoms with Crippen LogP contribution in [0.25, 0.3) is 0 Å². The molecular formula is C13H21O2Rf2-. The van der Waals surface area contributed by atoms with Gasteiger partial charge in [-0.2, -0.15) is 12.8 Å². The van der Waals surface area contributed by atoms with E-state index in [1.165, 1.54) is 12.3 Å². The average molecular weight is 743 g/mol. The van der Waals surface area contributed by atoms with Crippen molar-refractivity contribution in [2.45, 2.75) is 59.0 Å². The molecule has 2 nitrogen and oxygen atoms in total. The average Bonchev–Trinajstić information content (AvgIpc) is 2.55. The molecule has 2 rings (SSSR count). The Morgan fingerprint density at radius 2 is 1.94 bits per heavy atom. The standard InChI is InChI=1S/C13H21O2.2Rf/c1-12(2,3)15-11(14)10-8-13(4)6-5-9(10)7-13;;/h10H,5-8H2,1-4H3;;/q-1;;. The molecule has 0 aromatic rings. The quantitative estimate of drug-likeness (QED) is 0.305. The van der Waals surface area contributed by atoms with Crippen LogP contribution in [0.1, 0.15) is 53.4 Å².